The van der Waals surface area contributed by atoms with Crippen molar-refractivity contribution in [2.75, 3.05) is 24.1 Å². The SMILES string of the molecule is Nc1cnc2c(ccn2S(=O)(=O)c2ccccc2)c1NC1CCNC1. The Morgan fingerprint density at radius 3 is 2.76 bits per heavy atom. The van der Waals surface area contributed by atoms with Gasteiger partial charge < -0.3 is 16.4 Å². The smallest absolute Gasteiger partial charge is 0.269 e. The minimum absolute atomic E-state index is 0.223. The van der Waals surface area contributed by atoms with Crippen molar-refractivity contribution in [2.24, 2.45) is 0 Å². The molecule has 1 fully saturated rings. The van der Waals surface area contributed by atoms with Gasteiger partial charge in [0.15, 0.2) is 5.65 Å². The molecule has 0 bridgehead atoms. The Hall–Kier alpha value is -2.58. The number of nitrogens with two attached hydrogens (primary N) is 1. The average Bonchev–Trinajstić information content (AvgIpc) is 3.28. The molecule has 8 heteroatoms. The van der Waals surface area contributed by atoms with Crippen molar-refractivity contribution in [1.29, 1.82) is 0 Å². The number of anilines is 2. The molecule has 1 aliphatic heterocycles. The maximum absolute atomic E-state index is 12.9. The number of nitrogen functional groups attached to an aromatic ring is 1. The number of hydrogen-bond donors (Lipinski definition) is 3. The van der Waals surface area contributed by atoms with Crippen LogP contribution in [-0.4, -0.2) is 36.5 Å². The van der Waals surface area contributed by atoms with Crippen molar-refractivity contribution in [3.8, 4) is 0 Å². The van der Waals surface area contributed by atoms with E-state index in [1.807, 2.05) is 0 Å². The molecule has 1 unspecified atom stereocenters. The number of hydrogen-bond acceptors (Lipinski definition) is 6. The van der Waals surface area contributed by atoms with Gasteiger partial charge in [0.2, 0.25) is 0 Å². The summed E-state index contributed by atoms with van der Waals surface area (Å²) in [5, 5.41) is 7.41. The molecule has 2 aromatic heterocycles. The molecule has 1 saturated heterocycles. The molecule has 4 rings (SSSR count). The lowest BCUT2D eigenvalue weighted by Crippen LogP contribution is -2.23. The second-order valence-electron chi connectivity index (χ2n) is 6.09. The maximum Gasteiger partial charge on any atom is 0.269 e. The molecule has 3 aromatic rings. The van der Waals surface area contributed by atoms with E-state index >= 15 is 0 Å². The highest BCUT2D eigenvalue weighted by Gasteiger charge is 2.22. The molecule has 130 valence electrons. The number of rotatable bonds is 4. The van der Waals surface area contributed by atoms with Crippen LogP contribution in [0.1, 0.15) is 6.42 Å². The number of pyridine rings is 1. The summed E-state index contributed by atoms with van der Waals surface area (Å²) in [5.41, 5.74) is 7.70. The summed E-state index contributed by atoms with van der Waals surface area (Å²) in [6.45, 7) is 1.81. The summed E-state index contributed by atoms with van der Waals surface area (Å²) in [4.78, 5) is 4.49. The lowest BCUT2D eigenvalue weighted by atomic mass is 10.2. The third-order valence-corrected chi connectivity index (χ3v) is 6.10. The van der Waals surface area contributed by atoms with E-state index in [2.05, 4.69) is 15.6 Å². The van der Waals surface area contributed by atoms with Crippen LogP contribution < -0.4 is 16.4 Å². The van der Waals surface area contributed by atoms with Gasteiger partial charge in [-0.3, -0.25) is 0 Å². The highest BCUT2D eigenvalue weighted by atomic mass is 32.2. The van der Waals surface area contributed by atoms with Crippen molar-refractivity contribution >= 4 is 32.4 Å². The van der Waals surface area contributed by atoms with E-state index in [1.54, 1.807) is 36.4 Å². The van der Waals surface area contributed by atoms with Gasteiger partial charge in [0.1, 0.15) is 0 Å². The van der Waals surface area contributed by atoms with Gasteiger partial charge in [0.25, 0.3) is 10.0 Å². The Labute approximate surface area is 145 Å². The van der Waals surface area contributed by atoms with Crippen LogP contribution in [0.25, 0.3) is 11.0 Å². The molecule has 1 atom stereocenters. The van der Waals surface area contributed by atoms with E-state index in [0.29, 0.717) is 16.7 Å². The molecule has 0 radical (unpaired) electrons. The third-order valence-electron chi connectivity index (χ3n) is 4.42. The van der Waals surface area contributed by atoms with Gasteiger partial charge in [0, 0.05) is 24.2 Å². The summed E-state index contributed by atoms with van der Waals surface area (Å²) < 4.78 is 27.0. The van der Waals surface area contributed by atoms with Crippen LogP contribution in [0, 0.1) is 0 Å². The zero-order valence-electron chi connectivity index (χ0n) is 13.5. The Balaban J connectivity index is 1.82. The largest absolute Gasteiger partial charge is 0.396 e. The van der Waals surface area contributed by atoms with E-state index in [0.717, 1.165) is 25.2 Å². The van der Waals surface area contributed by atoms with Crippen molar-refractivity contribution in [3.63, 3.8) is 0 Å². The van der Waals surface area contributed by atoms with Crippen LogP contribution in [0.15, 0.2) is 53.7 Å². The van der Waals surface area contributed by atoms with Crippen LogP contribution >= 0.6 is 0 Å². The van der Waals surface area contributed by atoms with Gasteiger partial charge in [0.05, 0.1) is 22.5 Å². The lowest BCUT2D eigenvalue weighted by molar-refractivity contribution is 0.589. The van der Waals surface area contributed by atoms with E-state index < -0.39 is 10.0 Å². The Kier molecular flexibility index (Phi) is 3.85. The fraction of sp³-hybridized carbons (Fsp3) is 0.235. The predicted octanol–water partition coefficient (Wildman–Crippen LogP) is 1.63. The number of nitrogens with one attached hydrogen (secondary N) is 2. The molecule has 25 heavy (non-hydrogen) atoms. The van der Waals surface area contributed by atoms with Crippen molar-refractivity contribution in [3.05, 3.63) is 48.8 Å². The monoisotopic (exact) mass is 357 g/mol. The van der Waals surface area contributed by atoms with Gasteiger partial charge in [-0.25, -0.2) is 17.4 Å². The third kappa shape index (κ3) is 2.73. The second-order valence-corrected chi connectivity index (χ2v) is 7.90. The zero-order chi connectivity index (χ0) is 17.4. The second kappa shape index (κ2) is 6.05. The van der Waals surface area contributed by atoms with Crippen molar-refractivity contribution < 1.29 is 8.42 Å². The first-order valence-electron chi connectivity index (χ1n) is 8.11. The van der Waals surface area contributed by atoms with Crippen LogP contribution in [0.3, 0.4) is 0 Å². The molecular formula is C17H19N5O2S. The van der Waals surface area contributed by atoms with Gasteiger partial charge in [-0.1, -0.05) is 18.2 Å². The van der Waals surface area contributed by atoms with Gasteiger partial charge in [-0.05, 0) is 31.2 Å². The van der Waals surface area contributed by atoms with Gasteiger partial charge >= 0.3 is 0 Å². The maximum atomic E-state index is 12.9. The molecule has 7 nitrogen and oxygen atoms in total. The van der Waals surface area contributed by atoms with E-state index in [-0.39, 0.29) is 10.9 Å². The quantitative estimate of drug-likeness (QED) is 0.656. The number of aromatic nitrogens is 2. The Morgan fingerprint density at radius 2 is 2.04 bits per heavy atom. The zero-order valence-corrected chi connectivity index (χ0v) is 14.3. The number of nitrogens with zero attached hydrogens (tertiary/aromatic N) is 2. The summed E-state index contributed by atoms with van der Waals surface area (Å²) in [6, 6.07) is 10.3. The molecule has 0 spiro atoms. The molecular weight excluding hydrogens is 338 g/mol. The van der Waals surface area contributed by atoms with E-state index in [9.17, 15) is 8.42 Å². The molecule has 4 N–H and O–H groups in total. The molecule has 0 aliphatic carbocycles. The van der Waals surface area contributed by atoms with Crippen LogP contribution in [-0.2, 0) is 10.0 Å². The summed E-state index contributed by atoms with van der Waals surface area (Å²) in [5.74, 6) is 0. The van der Waals surface area contributed by atoms with E-state index in [1.165, 1.54) is 16.4 Å². The molecule has 3 heterocycles. The molecule has 0 saturated carbocycles. The molecule has 0 amide bonds. The summed E-state index contributed by atoms with van der Waals surface area (Å²) in [6.07, 6.45) is 4.02. The summed E-state index contributed by atoms with van der Waals surface area (Å²) in [7, 11) is -3.71. The van der Waals surface area contributed by atoms with Crippen molar-refractivity contribution in [2.45, 2.75) is 17.4 Å². The van der Waals surface area contributed by atoms with E-state index in [4.69, 9.17) is 5.73 Å². The normalized spacial score (nSPS) is 17.8. The molecule has 1 aliphatic rings. The first-order chi connectivity index (χ1) is 12.1. The van der Waals surface area contributed by atoms with Crippen LogP contribution in [0.2, 0.25) is 0 Å². The van der Waals surface area contributed by atoms with Gasteiger partial charge in [-0.2, -0.15) is 0 Å². The first kappa shape index (κ1) is 15.9. The minimum atomic E-state index is -3.71. The van der Waals surface area contributed by atoms with Crippen molar-refractivity contribution in [1.82, 2.24) is 14.3 Å². The average molecular weight is 357 g/mol. The fourth-order valence-electron chi connectivity index (χ4n) is 3.12. The first-order valence-corrected chi connectivity index (χ1v) is 9.55. The standard InChI is InChI=1S/C17H19N5O2S/c18-15-11-20-17-14(16(15)21-12-6-8-19-10-12)7-9-22(17)25(23,24)13-4-2-1-3-5-13/h1-5,7,9,11-12,19H,6,8,10,18H2,(H,20,21). The predicted molar refractivity (Wildman–Crippen MR) is 98.1 cm³/mol. The number of fused-ring (bicyclic) bond motifs is 1. The molecule has 1 aromatic carbocycles. The topological polar surface area (TPSA) is 102 Å². The highest BCUT2D eigenvalue weighted by molar-refractivity contribution is 7.90. The Bertz CT molecular complexity index is 1010. The van der Waals surface area contributed by atoms with Crippen LogP contribution in [0.4, 0.5) is 11.4 Å². The Morgan fingerprint density at radius 1 is 1.24 bits per heavy atom. The lowest BCUT2D eigenvalue weighted by Gasteiger charge is -2.16. The van der Waals surface area contributed by atoms with Crippen LogP contribution in [0.5, 0.6) is 0 Å². The summed E-state index contributed by atoms with van der Waals surface area (Å²) >= 11 is 0. The fourth-order valence-corrected chi connectivity index (χ4v) is 4.44. The minimum Gasteiger partial charge on any atom is -0.396 e. The number of benzene rings is 1. The van der Waals surface area contributed by atoms with Gasteiger partial charge in [-0.15, -0.1) is 0 Å². The highest BCUT2D eigenvalue weighted by Crippen LogP contribution is 2.31.